The van der Waals surface area contributed by atoms with Crippen LogP contribution in [0, 0.1) is 5.92 Å². The largest absolute Gasteiger partial charge is 0.481 e. The summed E-state index contributed by atoms with van der Waals surface area (Å²) in [6, 6.07) is 8.79. The molecule has 0 saturated carbocycles. The molecule has 0 aliphatic heterocycles. The molecule has 0 aliphatic rings. The molecule has 1 heterocycles. The van der Waals surface area contributed by atoms with Crippen LogP contribution in [0.5, 0.6) is 0 Å². The molecule has 2 aromatic rings. The lowest BCUT2D eigenvalue weighted by molar-refractivity contribution is -0.142. The highest BCUT2D eigenvalue weighted by molar-refractivity contribution is 5.97. The van der Waals surface area contributed by atoms with Crippen LogP contribution in [-0.4, -0.2) is 28.9 Å². The van der Waals surface area contributed by atoms with Crippen molar-refractivity contribution in [3.63, 3.8) is 0 Å². The van der Waals surface area contributed by atoms with Gasteiger partial charge in [0.2, 0.25) is 5.91 Å². The molecule has 7 nitrogen and oxygen atoms in total. The Morgan fingerprint density at radius 2 is 1.72 bits per heavy atom. The van der Waals surface area contributed by atoms with Crippen LogP contribution in [-0.2, 0) is 9.59 Å². The molecule has 0 bridgehead atoms. The van der Waals surface area contributed by atoms with E-state index in [-0.39, 0.29) is 0 Å². The maximum Gasteiger partial charge on any atom is 0.308 e. The lowest BCUT2D eigenvalue weighted by atomic mass is 9.94. The number of nitrogens with one attached hydrogen (secondary N) is 2. The van der Waals surface area contributed by atoms with Gasteiger partial charge in [0, 0.05) is 0 Å². The first-order valence-corrected chi connectivity index (χ1v) is 7.81. The van der Waals surface area contributed by atoms with E-state index in [1.165, 1.54) is 32.4 Å². The summed E-state index contributed by atoms with van der Waals surface area (Å²) in [5.41, 5.74) is 0.984. The Labute approximate surface area is 145 Å². The quantitative estimate of drug-likeness (QED) is 0.711. The first-order chi connectivity index (χ1) is 11.9. The fourth-order valence-electron chi connectivity index (χ4n) is 2.32. The summed E-state index contributed by atoms with van der Waals surface area (Å²) < 4.78 is 4.83. The summed E-state index contributed by atoms with van der Waals surface area (Å²) in [6.07, 6.45) is 2.64. The van der Waals surface area contributed by atoms with Crippen LogP contribution in [0.4, 0.5) is 0 Å². The molecule has 0 saturated heterocycles. The minimum absolute atomic E-state index is 0.304. The molecule has 3 N–H and O–H groups in total. The number of hydrogen-bond donors (Lipinski definition) is 3. The first-order valence-electron chi connectivity index (χ1n) is 7.81. The summed E-state index contributed by atoms with van der Waals surface area (Å²) in [5, 5.41) is 14.6. The summed E-state index contributed by atoms with van der Waals surface area (Å²) in [4.78, 5) is 35.8. The zero-order chi connectivity index (χ0) is 18.4. The van der Waals surface area contributed by atoms with Gasteiger partial charge in [-0.15, -0.1) is 0 Å². The van der Waals surface area contributed by atoms with E-state index < -0.39 is 35.8 Å². The highest BCUT2D eigenvalue weighted by Gasteiger charge is 2.28. The molecule has 25 heavy (non-hydrogen) atoms. The topological polar surface area (TPSA) is 109 Å². The number of hydrogen-bond acceptors (Lipinski definition) is 4. The Hall–Kier alpha value is -3.09. The van der Waals surface area contributed by atoms with E-state index >= 15 is 0 Å². The fourth-order valence-corrected chi connectivity index (χ4v) is 2.32. The molecule has 3 atom stereocenters. The predicted molar refractivity (Wildman–Crippen MR) is 89.8 cm³/mol. The molecule has 0 radical (unpaired) electrons. The van der Waals surface area contributed by atoms with Crippen molar-refractivity contribution >= 4 is 17.8 Å². The fraction of sp³-hybridized carbons (Fsp3) is 0.278. The Bertz CT molecular complexity index is 727. The molecule has 0 spiro atoms. The zero-order valence-electron chi connectivity index (χ0n) is 13.9. The SMILES string of the molecule is CC(NC(=O)c1ccoc1)C(=O)NC(c1ccccc1)C(C)C(=O)O. The maximum atomic E-state index is 12.4. The third-order valence-electron chi connectivity index (χ3n) is 3.87. The Morgan fingerprint density at radius 1 is 1.04 bits per heavy atom. The molecular weight excluding hydrogens is 324 g/mol. The molecule has 7 heteroatoms. The van der Waals surface area contributed by atoms with Crippen LogP contribution in [0.3, 0.4) is 0 Å². The molecule has 2 amide bonds. The van der Waals surface area contributed by atoms with Gasteiger partial charge < -0.3 is 20.2 Å². The van der Waals surface area contributed by atoms with Crippen molar-refractivity contribution in [2.24, 2.45) is 5.92 Å². The number of benzene rings is 1. The highest BCUT2D eigenvalue weighted by Crippen LogP contribution is 2.22. The maximum absolute atomic E-state index is 12.4. The molecule has 0 fully saturated rings. The third kappa shape index (κ3) is 4.69. The minimum atomic E-state index is -1.02. The average molecular weight is 344 g/mol. The second kappa shape index (κ2) is 8.14. The van der Waals surface area contributed by atoms with Gasteiger partial charge in [0.05, 0.1) is 23.8 Å². The van der Waals surface area contributed by atoms with Gasteiger partial charge in [0.25, 0.3) is 5.91 Å². The minimum Gasteiger partial charge on any atom is -0.481 e. The Balaban J connectivity index is 2.08. The van der Waals surface area contributed by atoms with E-state index in [1.807, 2.05) is 6.07 Å². The van der Waals surface area contributed by atoms with Gasteiger partial charge in [0.15, 0.2) is 0 Å². The molecular formula is C18H20N2O5. The summed E-state index contributed by atoms with van der Waals surface area (Å²) in [7, 11) is 0. The van der Waals surface area contributed by atoms with Gasteiger partial charge in [-0.05, 0) is 25.5 Å². The van der Waals surface area contributed by atoms with E-state index in [4.69, 9.17) is 4.42 Å². The van der Waals surface area contributed by atoms with E-state index in [2.05, 4.69) is 10.6 Å². The number of aliphatic carboxylic acids is 1. The second-order valence-corrected chi connectivity index (χ2v) is 5.73. The van der Waals surface area contributed by atoms with E-state index in [0.717, 1.165) is 0 Å². The van der Waals surface area contributed by atoms with Crippen LogP contribution < -0.4 is 10.6 Å². The number of carbonyl (C=O) groups is 3. The Morgan fingerprint density at radius 3 is 2.28 bits per heavy atom. The van der Waals surface area contributed by atoms with Crippen molar-refractivity contribution in [3.05, 3.63) is 60.1 Å². The Kier molecular flexibility index (Phi) is 5.94. The zero-order valence-corrected chi connectivity index (χ0v) is 13.9. The molecule has 3 unspecified atom stereocenters. The summed E-state index contributed by atoms with van der Waals surface area (Å²) in [6.45, 7) is 3.05. The number of carboxylic acids is 1. The lowest BCUT2D eigenvalue weighted by Crippen LogP contribution is -2.47. The van der Waals surface area contributed by atoms with Crippen molar-refractivity contribution in [2.45, 2.75) is 25.9 Å². The molecule has 1 aromatic heterocycles. The normalized spacial score (nSPS) is 14.2. The van der Waals surface area contributed by atoms with Crippen LogP contribution in [0.25, 0.3) is 0 Å². The van der Waals surface area contributed by atoms with E-state index in [0.29, 0.717) is 11.1 Å². The second-order valence-electron chi connectivity index (χ2n) is 5.73. The first kappa shape index (κ1) is 18.3. The van der Waals surface area contributed by atoms with Gasteiger partial charge in [-0.25, -0.2) is 0 Å². The van der Waals surface area contributed by atoms with Gasteiger partial charge >= 0.3 is 5.97 Å². The predicted octanol–water partition coefficient (Wildman–Crippen LogP) is 1.98. The van der Waals surface area contributed by atoms with Crippen molar-refractivity contribution in [1.82, 2.24) is 10.6 Å². The lowest BCUT2D eigenvalue weighted by Gasteiger charge is -2.25. The molecule has 2 rings (SSSR count). The number of carbonyl (C=O) groups excluding carboxylic acids is 2. The highest BCUT2D eigenvalue weighted by atomic mass is 16.4. The van der Waals surface area contributed by atoms with E-state index in [1.54, 1.807) is 24.3 Å². The van der Waals surface area contributed by atoms with Crippen molar-refractivity contribution in [2.75, 3.05) is 0 Å². The van der Waals surface area contributed by atoms with Gasteiger partial charge in [-0.2, -0.15) is 0 Å². The molecule has 0 aliphatic carbocycles. The standard InChI is InChI=1S/C18H20N2O5/c1-11(18(23)24)15(13-6-4-3-5-7-13)20-16(21)12(2)19-17(22)14-8-9-25-10-14/h3-12,15H,1-2H3,(H,19,22)(H,20,21)(H,23,24). The van der Waals surface area contributed by atoms with Crippen LogP contribution in [0.15, 0.2) is 53.3 Å². The number of rotatable bonds is 7. The van der Waals surface area contributed by atoms with Crippen molar-refractivity contribution in [3.8, 4) is 0 Å². The summed E-state index contributed by atoms with van der Waals surface area (Å²) in [5.74, 6) is -2.77. The monoisotopic (exact) mass is 344 g/mol. The smallest absolute Gasteiger partial charge is 0.308 e. The summed E-state index contributed by atoms with van der Waals surface area (Å²) >= 11 is 0. The van der Waals surface area contributed by atoms with Crippen LogP contribution >= 0.6 is 0 Å². The third-order valence-corrected chi connectivity index (χ3v) is 3.87. The van der Waals surface area contributed by atoms with Gasteiger partial charge in [-0.1, -0.05) is 30.3 Å². The van der Waals surface area contributed by atoms with Gasteiger partial charge in [0.1, 0.15) is 12.3 Å². The molecule has 1 aromatic carbocycles. The number of amides is 2. The van der Waals surface area contributed by atoms with Crippen LogP contribution in [0.1, 0.15) is 35.8 Å². The van der Waals surface area contributed by atoms with Crippen molar-refractivity contribution in [1.29, 1.82) is 0 Å². The van der Waals surface area contributed by atoms with Crippen LogP contribution in [0.2, 0.25) is 0 Å². The number of carboxylic acid groups (broad SMARTS) is 1. The molecule has 132 valence electrons. The van der Waals surface area contributed by atoms with E-state index in [9.17, 15) is 19.5 Å². The number of furan rings is 1. The van der Waals surface area contributed by atoms with Gasteiger partial charge in [-0.3, -0.25) is 14.4 Å². The van der Waals surface area contributed by atoms with Crippen molar-refractivity contribution < 1.29 is 23.9 Å². The average Bonchev–Trinajstić information content (AvgIpc) is 3.14.